The summed E-state index contributed by atoms with van der Waals surface area (Å²) in [6.07, 6.45) is 0. The highest BCUT2D eigenvalue weighted by molar-refractivity contribution is 5.72. The second kappa shape index (κ2) is 6.36. The van der Waals surface area contributed by atoms with Gasteiger partial charge in [0.05, 0.1) is 4.92 Å². The van der Waals surface area contributed by atoms with Gasteiger partial charge in [-0.25, -0.2) is 0 Å². The molecular weight excluding hydrogens is 214 g/mol. The van der Waals surface area contributed by atoms with Crippen LogP contribution < -0.4 is 11.5 Å². The number of rotatable bonds is 2. The van der Waals surface area contributed by atoms with Crippen molar-refractivity contribution in [2.45, 2.75) is 13.0 Å². The van der Waals surface area contributed by atoms with E-state index in [9.17, 15) is 14.9 Å². The molecule has 1 aromatic rings. The first-order chi connectivity index (χ1) is 7.34. The topological polar surface area (TPSA) is 132 Å². The van der Waals surface area contributed by atoms with Crippen molar-refractivity contribution >= 4 is 17.3 Å². The van der Waals surface area contributed by atoms with E-state index in [1.54, 1.807) is 0 Å². The van der Waals surface area contributed by atoms with Gasteiger partial charge in [0.1, 0.15) is 6.04 Å². The standard InChI is InChI=1S/C6H6N2O2.C3H7NO2/c7-5-1-3-6(4-2-5)8(9)10;1-2(4)3(5)6/h1-4H,7H2;2H,4H2,1H3,(H,5,6)/t;2-/m.1/s1. The maximum Gasteiger partial charge on any atom is 0.320 e. The molecule has 1 atom stereocenters. The number of carboxylic acid groups (broad SMARTS) is 1. The van der Waals surface area contributed by atoms with E-state index in [4.69, 9.17) is 16.6 Å². The van der Waals surface area contributed by atoms with Crippen molar-refractivity contribution in [1.82, 2.24) is 0 Å². The normalized spacial score (nSPS) is 10.9. The average molecular weight is 227 g/mol. The number of nitrogens with two attached hydrogens (primary N) is 2. The molecule has 0 aliphatic heterocycles. The van der Waals surface area contributed by atoms with Crippen molar-refractivity contribution in [2.75, 3.05) is 5.73 Å². The molecule has 7 nitrogen and oxygen atoms in total. The van der Waals surface area contributed by atoms with E-state index < -0.39 is 16.9 Å². The van der Waals surface area contributed by atoms with Crippen LogP contribution in [-0.2, 0) is 4.79 Å². The molecule has 1 aromatic carbocycles. The minimum absolute atomic E-state index is 0.0641. The molecule has 0 heterocycles. The third-order valence-corrected chi connectivity index (χ3v) is 1.49. The zero-order valence-corrected chi connectivity index (χ0v) is 8.66. The van der Waals surface area contributed by atoms with E-state index in [0.717, 1.165) is 0 Å². The lowest BCUT2D eigenvalue weighted by Gasteiger charge is -1.90. The fourth-order valence-corrected chi connectivity index (χ4v) is 0.596. The molecule has 0 radical (unpaired) electrons. The number of anilines is 1. The van der Waals surface area contributed by atoms with Crippen LogP contribution in [0.1, 0.15) is 6.92 Å². The summed E-state index contributed by atoms with van der Waals surface area (Å²) >= 11 is 0. The van der Waals surface area contributed by atoms with Crippen LogP contribution in [0.3, 0.4) is 0 Å². The van der Waals surface area contributed by atoms with Gasteiger partial charge in [0.2, 0.25) is 0 Å². The van der Waals surface area contributed by atoms with E-state index >= 15 is 0 Å². The Bertz CT molecular complexity index is 362. The first-order valence-electron chi connectivity index (χ1n) is 4.33. The van der Waals surface area contributed by atoms with Crippen LogP contribution in [0.25, 0.3) is 0 Å². The Morgan fingerprint density at radius 1 is 1.44 bits per heavy atom. The molecule has 7 heteroatoms. The third-order valence-electron chi connectivity index (χ3n) is 1.49. The lowest BCUT2D eigenvalue weighted by atomic mass is 10.3. The van der Waals surface area contributed by atoms with Gasteiger partial charge < -0.3 is 16.6 Å². The van der Waals surface area contributed by atoms with E-state index in [1.165, 1.54) is 31.2 Å². The number of aliphatic carboxylic acids is 1. The number of non-ortho nitro benzene ring substituents is 1. The molecule has 0 aliphatic carbocycles. The molecule has 1 rings (SSSR count). The van der Waals surface area contributed by atoms with Gasteiger partial charge in [-0.15, -0.1) is 0 Å². The smallest absolute Gasteiger partial charge is 0.320 e. The summed E-state index contributed by atoms with van der Waals surface area (Å²) in [7, 11) is 0. The van der Waals surface area contributed by atoms with Crippen LogP contribution >= 0.6 is 0 Å². The number of hydrogen-bond acceptors (Lipinski definition) is 5. The van der Waals surface area contributed by atoms with Gasteiger partial charge in [0, 0.05) is 17.8 Å². The number of nitrogen functional groups attached to an aromatic ring is 1. The molecule has 0 aliphatic rings. The van der Waals surface area contributed by atoms with Crippen LogP contribution in [0.2, 0.25) is 0 Å². The highest BCUT2D eigenvalue weighted by Crippen LogP contribution is 2.11. The fourth-order valence-electron chi connectivity index (χ4n) is 0.596. The molecule has 0 amide bonds. The van der Waals surface area contributed by atoms with Crippen molar-refractivity contribution in [1.29, 1.82) is 0 Å². The Morgan fingerprint density at radius 3 is 2.06 bits per heavy atom. The van der Waals surface area contributed by atoms with Crippen LogP contribution in [0.5, 0.6) is 0 Å². The highest BCUT2D eigenvalue weighted by atomic mass is 16.6. The van der Waals surface area contributed by atoms with Gasteiger partial charge in [0.15, 0.2) is 0 Å². The zero-order valence-electron chi connectivity index (χ0n) is 8.66. The predicted molar refractivity (Wildman–Crippen MR) is 58.8 cm³/mol. The fraction of sp³-hybridized carbons (Fsp3) is 0.222. The summed E-state index contributed by atoms with van der Waals surface area (Å²) in [4.78, 5) is 19.2. The molecule has 0 unspecified atom stereocenters. The Hall–Kier alpha value is -2.15. The second-order valence-electron chi connectivity index (χ2n) is 2.98. The third kappa shape index (κ3) is 5.55. The van der Waals surface area contributed by atoms with Crippen LogP contribution in [-0.4, -0.2) is 22.0 Å². The highest BCUT2D eigenvalue weighted by Gasteiger charge is 2.01. The Morgan fingerprint density at radius 2 is 1.81 bits per heavy atom. The molecule has 0 bridgehead atoms. The van der Waals surface area contributed by atoms with Gasteiger partial charge in [-0.3, -0.25) is 14.9 Å². The van der Waals surface area contributed by atoms with Gasteiger partial charge in [0.25, 0.3) is 5.69 Å². The monoisotopic (exact) mass is 227 g/mol. The van der Waals surface area contributed by atoms with Crippen LogP contribution in [0, 0.1) is 10.1 Å². The summed E-state index contributed by atoms with van der Waals surface area (Å²) in [5.41, 5.74) is 10.7. The predicted octanol–water partition coefficient (Wildman–Crippen LogP) is 0.595. The minimum atomic E-state index is -0.963. The lowest BCUT2D eigenvalue weighted by molar-refractivity contribution is -0.384. The van der Waals surface area contributed by atoms with Crippen LogP contribution in [0.4, 0.5) is 11.4 Å². The zero-order chi connectivity index (χ0) is 12.7. The summed E-state index contributed by atoms with van der Waals surface area (Å²) in [5, 5.41) is 17.9. The molecule has 0 aromatic heterocycles. The SMILES string of the molecule is C[C@@H](N)C(=O)O.Nc1ccc([N+](=O)[O-])cc1. The minimum Gasteiger partial charge on any atom is -0.480 e. The number of nitro groups is 1. The van der Waals surface area contributed by atoms with Crippen molar-refractivity contribution in [3.63, 3.8) is 0 Å². The van der Waals surface area contributed by atoms with Gasteiger partial charge in [-0.1, -0.05) is 0 Å². The van der Waals surface area contributed by atoms with E-state index in [-0.39, 0.29) is 5.69 Å². The maximum absolute atomic E-state index is 10.1. The lowest BCUT2D eigenvalue weighted by Crippen LogP contribution is -2.25. The Kier molecular flexibility index (Phi) is 5.50. The molecule has 0 spiro atoms. The first-order valence-corrected chi connectivity index (χ1v) is 4.33. The number of benzene rings is 1. The molecule has 88 valence electrons. The van der Waals surface area contributed by atoms with E-state index in [1.807, 2.05) is 0 Å². The van der Waals surface area contributed by atoms with Crippen molar-refractivity contribution in [2.24, 2.45) is 5.73 Å². The van der Waals surface area contributed by atoms with Gasteiger partial charge >= 0.3 is 5.97 Å². The summed E-state index contributed by atoms with van der Waals surface area (Å²) in [6.45, 7) is 1.42. The summed E-state index contributed by atoms with van der Waals surface area (Å²) in [5.74, 6) is -0.963. The molecule has 0 fully saturated rings. The largest absolute Gasteiger partial charge is 0.480 e. The molecular formula is C9H13N3O4. The number of nitro benzene ring substituents is 1. The van der Waals surface area contributed by atoms with E-state index in [2.05, 4.69) is 0 Å². The quantitative estimate of drug-likeness (QED) is 0.385. The van der Waals surface area contributed by atoms with E-state index in [0.29, 0.717) is 5.69 Å². The Balaban J connectivity index is 0.000000325. The average Bonchev–Trinajstić information content (AvgIpc) is 2.19. The number of nitrogens with zero attached hydrogens (tertiary/aromatic N) is 1. The number of hydrogen-bond donors (Lipinski definition) is 3. The first kappa shape index (κ1) is 13.8. The van der Waals surface area contributed by atoms with Gasteiger partial charge in [-0.05, 0) is 19.1 Å². The van der Waals surface area contributed by atoms with Crippen LogP contribution in [0.15, 0.2) is 24.3 Å². The second-order valence-corrected chi connectivity index (χ2v) is 2.98. The summed E-state index contributed by atoms with van der Waals surface area (Å²) < 4.78 is 0. The number of carbonyl (C=O) groups is 1. The molecule has 0 saturated carbocycles. The maximum atomic E-state index is 10.1. The molecule has 0 saturated heterocycles. The number of carboxylic acids is 1. The van der Waals surface area contributed by atoms with Gasteiger partial charge in [-0.2, -0.15) is 0 Å². The molecule has 5 N–H and O–H groups in total. The molecule has 16 heavy (non-hydrogen) atoms. The Labute approximate surface area is 91.8 Å². The van der Waals surface area contributed by atoms with Crippen molar-refractivity contribution < 1.29 is 14.8 Å². The van der Waals surface area contributed by atoms with Crippen molar-refractivity contribution in [3.05, 3.63) is 34.4 Å². The summed E-state index contributed by atoms with van der Waals surface area (Å²) in [6, 6.07) is 5.01. The van der Waals surface area contributed by atoms with Crippen molar-refractivity contribution in [3.8, 4) is 0 Å².